The van der Waals surface area contributed by atoms with Crippen LogP contribution >= 0.6 is 11.8 Å². The molecule has 7 heteroatoms. The number of carbonyl (C=O) groups excluding carboxylic acids is 2. The van der Waals surface area contributed by atoms with Crippen LogP contribution in [0, 0.1) is 0 Å². The summed E-state index contributed by atoms with van der Waals surface area (Å²) in [6.45, 7) is 0.674. The van der Waals surface area contributed by atoms with Crippen LogP contribution in [-0.2, 0) is 11.3 Å². The van der Waals surface area contributed by atoms with E-state index in [2.05, 4.69) is 0 Å². The molecule has 0 spiro atoms. The first kappa shape index (κ1) is 17.7. The molecule has 1 atom stereocenters. The fourth-order valence-electron chi connectivity index (χ4n) is 3.24. The summed E-state index contributed by atoms with van der Waals surface area (Å²) in [4.78, 5) is 29.1. The molecule has 1 fully saturated rings. The van der Waals surface area contributed by atoms with Gasteiger partial charge in [0.05, 0.1) is 5.88 Å². The van der Waals surface area contributed by atoms with E-state index in [-0.39, 0.29) is 18.6 Å². The molecule has 4 rings (SSSR count). The third-order valence-corrected chi connectivity index (χ3v) is 5.69. The normalized spacial score (nSPS) is 17.8. The molecule has 6 nitrogen and oxygen atoms in total. The fourth-order valence-corrected chi connectivity index (χ4v) is 4.38. The first-order valence-electron chi connectivity index (χ1n) is 8.71. The highest BCUT2D eigenvalue weighted by atomic mass is 32.2. The van der Waals surface area contributed by atoms with Gasteiger partial charge in [-0.15, -0.1) is 11.8 Å². The molecule has 0 bridgehead atoms. The quantitative estimate of drug-likeness (QED) is 0.811. The van der Waals surface area contributed by atoms with E-state index in [0.717, 1.165) is 11.3 Å². The molecule has 2 aromatic carbocycles. The Morgan fingerprint density at radius 3 is 2.74 bits per heavy atom. The van der Waals surface area contributed by atoms with E-state index >= 15 is 0 Å². The van der Waals surface area contributed by atoms with Crippen molar-refractivity contribution < 1.29 is 19.1 Å². The molecule has 1 saturated heterocycles. The third-order valence-electron chi connectivity index (χ3n) is 4.68. The Morgan fingerprint density at radius 1 is 1.15 bits per heavy atom. The zero-order valence-corrected chi connectivity index (χ0v) is 15.8. The smallest absolute Gasteiger partial charge is 0.255 e. The molecular formula is C20H20N2O4S. The summed E-state index contributed by atoms with van der Waals surface area (Å²) in [7, 11) is 1.76. The van der Waals surface area contributed by atoms with Crippen molar-refractivity contribution >= 4 is 23.6 Å². The molecule has 27 heavy (non-hydrogen) atoms. The van der Waals surface area contributed by atoms with Crippen molar-refractivity contribution in [1.29, 1.82) is 0 Å². The Labute approximate surface area is 162 Å². The minimum absolute atomic E-state index is 0.0538. The second kappa shape index (κ2) is 7.52. The molecule has 0 aromatic heterocycles. The number of fused-ring (bicyclic) bond motifs is 1. The van der Waals surface area contributed by atoms with E-state index < -0.39 is 6.04 Å². The van der Waals surface area contributed by atoms with Gasteiger partial charge in [-0.3, -0.25) is 9.59 Å². The number of thioether (sulfide) groups is 1. The van der Waals surface area contributed by atoms with Gasteiger partial charge >= 0.3 is 0 Å². The molecule has 140 valence electrons. The third kappa shape index (κ3) is 3.60. The number of benzene rings is 2. The van der Waals surface area contributed by atoms with Crippen molar-refractivity contribution in [2.75, 3.05) is 25.5 Å². The average molecular weight is 384 g/mol. The van der Waals surface area contributed by atoms with Gasteiger partial charge in [0.2, 0.25) is 12.7 Å². The second-order valence-corrected chi connectivity index (χ2v) is 7.54. The van der Waals surface area contributed by atoms with Gasteiger partial charge in [-0.1, -0.05) is 24.3 Å². The number of rotatable bonds is 4. The zero-order chi connectivity index (χ0) is 18.8. The van der Waals surface area contributed by atoms with Crippen molar-refractivity contribution in [3.63, 3.8) is 0 Å². The topological polar surface area (TPSA) is 59.1 Å². The monoisotopic (exact) mass is 384 g/mol. The Kier molecular flexibility index (Phi) is 4.94. The summed E-state index contributed by atoms with van der Waals surface area (Å²) in [5, 5.41) is 0. The Balaban J connectivity index is 1.45. The number of carbonyl (C=O) groups is 2. The molecule has 2 aliphatic heterocycles. The number of nitrogens with zero attached hydrogens (tertiary/aromatic N) is 2. The highest BCUT2D eigenvalue weighted by Crippen LogP contribution is 2.33. The van der Waals surface area contributed by atoms with Gasteiger partial charge in [0.15, 0.2) is 11.5 Å². The van der Waals surface area contributed by atoms with Gasteiger partial charge in [-0.2, -0.15) is 0 Å². The summed E-state index contributed by atoms with van der Waals surface area (Å²) in [5.41, 5.74) is 1.57. The van der Waals surface area contributed by atoms with Crippen LogP contribution in [0.2, 0.25) is 0 Å². The van der Waals surface area contributed by atoms with Gasteiger partial charge in [0.1, 0.15) is 6.04 Å². The van der Waals surface area contributed by atoms with E-state index in [4.69, 9.17) is 9.47 Å². The van der Waals surface area contributed by atoms with Crippen molar-refractivity contribution in [1.82, 2.24) is 9.80 Å². The Bertz CT molecular complexity index is 858. The summed E-state index contributed by atoms with van der Waals surface area (Å²) >= 11 is 1.60. The van der Waals surface area contributed by atoms with Crippen LogP contribution in [0.1, 0.15) is 15.9 Å². The molecule has 2 heterocycles. The van der Waals surface area contributed by atoms with Crippen LogP contribution in [0.25, 0.3) is 0 Å². The van der Waals surface area contributed by atoms with Gasteiger partial charge in [-0.25, -0.2) is 0 Å². The van der Waals surface area contributed by atoms with Gasteiger partial charge in [0, 0.05) is 24.9 Å². The molecule has 2 amide bonds. The maximum Gasteiger partial charge on any atom is 0.255 e. The first-order valence-corrected chi connectivity index (χ1v) is 9.86. The summed E-state index contributed by atoms with van der Waals surface area (Å²) < 4.78 is 10.7. The van der Waals surface area contributed by atoms with Crippen LogP contribution in [0.5, 0.6) is 11.5 Å². The minimum Gasteiger partial charge on any atom is -0.454 e. The molecule has 0 radical (unpaired) electrons. The maximum absolute atomic E-state index is 13.0. The van der Waals surface area contributed by atoms with Crippen molar-refractivity contribution in [3.05, 3.63) is 59.7 Å². The maximum atomic E-state index is 13.0. The van der Waals surface area contributed by atoms with E-state index in [0.29, 0.717) is 29.5 Å². The number of ether oxygens (including phenoxy) is 2. The Hall–Kier alpha value is -2.67. The van der Waals surface area contributed by atoms with E-state index in [1.165, 1.54) is 0 Å². The SMILES string of the molecule is CN(Cc1ccc2c(c1)OCO2)C(=O)C1CSCN1C(=O)c1ccccc1. The number of hydrogen-bond donors (Lipinski definition) is 0. The number of hydrogen-bond acceptors (Lipinski definition) is 5. The second-order valence-electron chi connectivity index (χ2n) is 6.54. The lowest BCUT2D eigenvalue weighted by Gasteiger charge is -2.27. The van der Waals surface area contributed by atoms with Crippen LogP contribution in [0.3, 0.4) is 0 Å². The average Bonchev–Trinajstić information content (AvgIpc) is 3.36. The molecule has 0 aliphatic carbocycles. The molecule has 0 saturated carbocycles. The minimum atomic E-state index is -0.443. The highest BCUT2D eigenvalue weighted by Gasteiger charge is 2.36. The van der Waals surface area contributed by atoms with E-state index in [1.807, 2.05) is 36.4 Å². The lowest BCUT2D eigenvalue weighted by Crippen LogP contribution is -2.47. The highest BCUT2D eigenvalue weighted by molar-refractivity contribution is 7.99. The van der Waals surface area contributed by atoms with Crippen molar-refractivity contribution in [2.24, 2.45) is 0 Å². The van der Waals surface area contributed by atoms with Crippen LogP contribution in [0.4, 0.5) is 0 Å². The first-order chi connectivity index (χ1) is 13.1. The Morgan fingerprint density at radius 2 is 1.93 bits per heavy atom. The summed E-state index contributed by atoms with van der Waals surface area (Å²) in [6.07, 6.45) is 0. The molecular weight excluding hydrogens is 364 g/mol. The molecule has 0 N–H and O–H groups in total. The van der Waals surface area contributed by atoms with E-state index in [1.54, 1.807) is 40.7 Å². The predicted octanol–water partition coefficient (Wildman–Crippen LogP) is 2.59. The summed E-state index contributed by atoms with van der Waals surface area (Å²) in [6, 6.07) is 14.3. The van der Waals surface area contributed by atoms with Crippen LogP contribution in [0.15, 0.2) is 48.5 Å². The van der Waals surface area contributed by atoms with Gasteiger partial charge < -0.3 is 19.3 Å². The fraction of sp³-hybridized carbons (Fsp3) is 0.300. The number of likely N-dealkylation sites (N-methyl/N-ethyl adjacent to an activating group) is 1. The zero-order valence-electron chi connectivity index (χ0n) is 15.0. The summed E-state index contributed by atoms with van der Waals surface area (Å²) in [5.74, 6) is 2.41. The molecule has 2 aromatic rings. The number of amides is 2. The molecule has 1 unspecified atom stereocenters. The van der Waals surface area contributed by atoms with Crippen molar-refractivity contribution in [3.8, 4) is 11.5 Å². The van der Waals surface area contributed by atoms with E-state index in [9.17, 15) is 9.59 Å². The van der Waals surface area contributed by atoms with Crippen LogP contribution < -0.4 is 9.47 Å². The lowest BCUT2D eigenvalue weighted by atomic mass is 10.1. The predicted molar refractivity (Wildman–Crippen MR) is 103 cm³/mol. The van der Waals surface area contributed by atoms with Crippen molar-refractivity contribution in [2.45, 2.75) is 12.6 Å². The standard InChI is InChI=1S/C20H20N2O4S/c1-21(10-14-7-8-17-18(9-14)26-13-25-17)20(24)16-11-27-12-22(16)19(23)15-5-3-2-4-6-15/h2-9,16H,10-13H2,1H3. The van der Waals surface area contributed by atoms with Crippen LogP contribution in [-0.4, -0.2) is 53.1 Å². The van der Waals surface area contributed by atoms with Gasteiger partial charge in [-0.05, 0) is 29.8 Å². The van der Waals surface area contributed by atoms with Gasteiger partial charge in [0.25, 0.3) is 5.91 Å². The molecule has 2 aliphatic rings. The largest absolute Gasteiger partial charge is 0.454 e. The lowest BCUT2D eigenvalue weighted by molar-refractivity contribution is -0.134.